The number of halogens is 2. The van der Waals surface area contributed by atoms with E-state index in [0.717, 1.165) is 26.1 Å². The SMILES string of the molecule is COC(=O)/C=C(/Nc1c(Br)cc(C)c(C)c1Br)C(=O)OC. The normalized spacial score (nSPS) is 11.0. The van der Waals surface area contributed by atoms with Crippen LogP contribution in [-0.2, 0) is 19.1 Å². The predicted octanol–water partition coefficient (Wildman–Crippen LogP) is 3.47. The lowest BCUT2D eigenvalue weighted by Crippen LogP contribution is -2.16. The lowest BCUT2D eigenvalue weighted by atomic mass is 10.1. The molecule has 114 valence electrons. The summed E-state index contributed by atoms with van der Waals surface area (Å²) < 4.78 is 10.7. The summed E-state index contributed by atoms with van der Waals surface area (Å²) in [5.74, 6) is -1.32. The van der Waals surface area contributed by atoms with Gasteiger partial charge in [-0.1, -0.05) is 0 Å². The Morgan fingerprint density at radius 2 is 1.81 bits per heavy atom. The first-order valence-corrected chi connectivity index (χ1v) is 7.50. The van der Waals surface area contributed by atoms with Gasteiger partial charge in [0.25, 0.3) is 0 Å². The first kappa shape index (κ1) is 17.7. The minimum atomic E-state index is -0.669. The molecule has 5 nitrogen and oxygen atoms in total. The Kier molecular flexibility index (Phi) is 6.42. The summed E-state index contributed by atoms with van der Waals surface area (Å²) in [4.78, 5) is 23.1. The smallest absolute Gasteiger partial charge is 0.354 e. The van der Waals surface area contributed by atoms with E-state index in [4.69, 9.17) is 0 Å². The second-order valence-electron chi connectivity index (χ2n) is 4.19. The summed E-state index contributed by atoms with van der Waals surface area (Å²) in [6, 6.07) is 1.91. The van der Waals surface area contributed by atoms with Crippen molar-refractivity contribution < 1.29 is 19.1 Å². The number of carbonyl (C=O) groups excluding carboxylic acids is 2. The highest BCUT2D eigenvalue weighted by molar-refractivity contribution is 9.11. The zero-order valence-corrected chi connectivity index (χ0v) is 15.2. The molecule has 0 saturated heterocycles. The maximum Gasteiger partial charge on any atom is 0.354 e. The van der Waals surface area contributed by atoms with Crippen LogP contribution in [-0.4, -0.2) is 26.2 Å². The highest BCUT2D eigenvalue weighted by Gasteiger charge is 2.17. The van der Waals surface area contributed by atoms with Crippen LogP contribution in [0.2, 0.25) is 0 Å². The van der Waals surface area contributed by atoms with Gasteiger partial charge in [-0.15, -0.1) is 0 Å². The van der Waals surface area contributed by atoms with Gasteiger partial charge >= 0.3 is 11.9 Å². The van der Waals surface area contributed by atoms with E-state index in [0.29, 0.717) is 5.69 Å². The molecular weight excluding hydrogens is 406 g/mol. The molecule has 0 saturated carbocycles. The fraction of sp³-hybridized carbons (Fsp3) is 0.286. The zero-order chi connectivity index (χ0) is 16.2. The quantitative estimate of drug-likeness (QED) is 0.596. The van der Waals surface area contributed by atoms with Crippen LogP contribution in [0.15, 0.2) is 26.8 Å². The third-order valence-electron chi connectivity index (χ3n) is 2.85. The number of anilines is 1. The molecule has 1 aromatic carbocycles. The first-order chi connectivity index (χ1) is 9.81. The molecule has 0 spiro atoms. The van der Waals surface area contributed by atoms with Crippen LogP contribution >= 0.6 is 31.9 Å². The molecular formula is C14H15Br2NO4. The van der Waals surface area contributed by atoms with E-state index < -0.39 is 11.9 Å². The largest absolute Gasteiger partial charge is 0.466 e. The van der Waals surface area contributed by atoms with E-state index in [2.05, 4.69) is 46.7 Å². The molecule has 0 aliphatic heterocycles. The van der Waals surface area contributed by atoms with Gasteiger partial charge in [0, 0.05) is 8.95 Å². The molecule has 1 aromatic rings. The van der Waals surface area contributed by atoms with Crippen molar-refractivity contribution in [1.82, 2.24) is 0 Å². The highest BCUT2D eigenvalue weighted by atomic mass is 79.9. The van der Waals surface area contributed by atoms with Crippen LogP contribution < -0.4 is 5.32 Å². The van der Waals surface area contributed by atoms with Crippen molar-refractivity contribution in [3.8, 4) is 0 Å². The lowest BCUT2D eigenvalue weighted by molar-refractivity contribution is -0.138. The van der Waals surface area contributed by atoms with Gasteiger partial charge in [-0.05, 0) is 62.9 Å². The zero-order valence-electron chi connectivity index (χ0n) is 12.0. The molecule has 7 heteroatoms. The molecule has 0 atom stereocenters. The Hall–Kier alpha value is -1.34. The summed E-state index contributed by atoms with van der Waals surface area (Å²) in [6.07, 6.45) is 1.04. The van der Waals surface area contributed by atoms with Gasteiger partial charge in [0.1, 0.15) is 5.70 Å². The van der Waals surface area contributed by atoms with E-state index in [1.807, 2.05) is 19.9 Å². The number of benzene rings is 1. The number of nitrogens with one attached hydrogen (secondary N) is 1. The molecule has 1 rings (SSSR count). The van der Waals surface area contributed by atoms with Gasteiger partial charge in [-0.25, -0.2) is 9.59 Å². The predicted molar refractivity (Wildman–Crippen MR) is 87.1 cm³/mol. The Bertz CT molecular complexity index is 611. The monoisotopic (exact) mass is 419 g/mol. The fourth-order valence-corrected chi connectivity index (χ4v) is 3.05. The molecule has 0 amide bonds. The van der Waals surface area contributed by atoms with E-state index in [1.165, 1.54) is 14.2 Å². The van der Waals surface area contributed by atoms with Crippen molar-refractivity contribution in [2.45, 2.75) is 13.8 Å². The third-order valence-corrected chi connectivity index (χ3v) is 4.47. The van der Waals surface area contributed by atoms with Crippen LogP contribution in [0.3, 0.4) is 0 Å². The summed E-state index contributed by atoms with van der Waals surface area (Å²) >= 11 is 6.90. The molecule has 0 aliphatic rings. The first-order valence-electron chi connectivity index (χ1n) is 5.92. The topological polar surface area (TPSA) is 64.6 Å². The number of methoxy groups -OCH3 is 2. The molecule has 0 heterocycles. The summed E-state index contributed by atoms with van der Waals surface area (Å²) in [5.41, 5.74) is 2.70. The lowest BCUT2D eigenvalue weighted by Gasteiger charge is -2.15. The van der Waals surface area contributed by atoms with Crippen LogP contribution in [0.4, 0.5) is 5.69 Å². The van der Waals surface area contributed by atoms with Crippen molar-refractivity contribution in [1.29, 1.82) is 0 Å². The van der Waals surface area contributed by atoms with Gasteiger partial charge < -0.3 is 14.8 Å². The molecule has 0 aromatic heterocycles. The average molecular weight is 421 g/mol. The van der Waals surface area contributed by atoms with Gasteiger partial charge in [0.15, 0.2) is 0 Å². The van der Waals surface area contributed by atoms with E-state index in [9.17, 15) is 9.59 Å². The molecule has 0 fully saturated rings. The highest BCUT2D eigenvalue weighted by Crippen LogP contribution is 2.36. The van der Waals surface area contributed by atoms with Crippen LogP contribution in [0.1, 0.15) is 11.1 Å². The number of ether oxygens (including phenoxy) is 2. The third kappa shape index (κ3) is 4.31. The van der Waals surface area contributed by atoms with Crippen molar-refractivity contribution in [3.63, 3.8) is 0 Å². The Balaban J connectivity index is 3.28. The second-order valence-corrected chi connectivity index (χ2v) is 5.83. The molecule has 21 heavy (non-hydrogen) atoms. The second kappa shape index (κ2) is 7.61. The van der Waals surface area contributed by atoms with Gasteiger partial charge in [-0.2, -0.15) is 0 Å². The number of hydrogen-bond donors (Lipinski definition) is 1. The minimum absolute atomic E-state index is 0.0194. The molecule has 1 N–H and O–H groups in total. The van der Waals surface area contributed by atoms with Gasteiger partial charge in [0.2, 0.25) is 0 Å². The van der Waals surface area contributed by atoms with Crippen molar-refractivity contribution >= 4 is 49.5 Å². The summed E-state index contributed by atoms with van der Waals surface area (Å²) in [7, 11) is 2.47. The van der Waals surface area contributed by atoms with E-state index >= 15 is 0 Å². The maximum atomic E-state index is 11.8. The fourth-order valence-electron chi connectivity index (χ4n) is 1.52. The number of aryl methyl sites for hydroxylation is 1. The number of carbonyl (C=O) groups is 2. The minimum Gasteiger partial charge on any atom is -0.466 e. The van der Waals surface area contributed by atoms with Crippen molar-refractivity contribution in [2.75, 3.05) is 19.5 Å². The number of hydrogen-bond acceptors (Lipinski definition) is 5. The maximum absolute atomic E-state index is 11.8. The van der Waals surface area contributed by atoms with Gasteiger partial charge in [0.05, 0.1) is 26.0 Å². The van der Waals surface area contributed by atoms with Crippen molar-refractivity contribution in [2.24, 2.45) is 0 Å². The Morgan fingerprint density at radius 1 is 1.19 bits per heavy atom. The molecule has 0 radical (unpaired) electrons. The standard InChI is InChI=1S/C14H15Br2NO4/c1-7-5-9(15)13(12(16)8(7)2)17-10(14(19)21-4)6-11(18)20-3/h5-6,17H,1-4H3/b10-6+. The van der Waals surface area contributed by atoms with Crippen LogP contribution in [0, 0.1) is 13.8 Å². The molecule has 0 unspecified atom stereocenters. The summed E-state index contributed by atoms with van der Waals surface area (Å²) in [5, 5.41) is 2.89. The van der Waals surface area contributed by atoms with E-state index in [1.54, 1.807) is 0 Å². The molecule has 0 bridgehead atoms. The van der Waals surface area contributed by atoms with Crippen LogP contribution in [0.5, 0.6) is 0 Å². The van der Waals surface area contributed by atoms with E-state index in [-0.39, 0.29) is 5.70 Å². The number of rotatable bonds is 4. The Morgan fingerprint density at radius 3 is 2.33 bits per heavy atom. The van der Waals surface area contributed by atoms with Crippen molar-refractivity contribution in [3.05, 3.63) is 37.9 Å². The van der Waals surface area contributed by atoms with Gasteiger partial charge in [-0.3, -0.25) is 0 Å². The Labute approximate surface area is 139 Å². The van der Waals surface area contributed by atoms with Crippen LogP contribution in [0.25, 0.3) is 0 Å². The summed E-state index contributed by atoms with van der Waals surface area (Å²) in [6.45, 7) is 3.92. The molecule has 0 aliphatic carbocycles. The average Bonchev–Trinajstić information content (AvgIpc) is 2.46. The number of esters is 2.